The summed E-state index contributed by atoms with van der Waals surface area (Å²) in [5, 5.41) is 2.80. The number of ether oxygens (including phenoxy) is 6. The van der Waals surface area contributed by atoms with Crippen molar-refractivity contribution in [2.24, 2.45) is 0 Å². The van der Waals surface area contributed by atoms with Crippen LogP contribution in [-0.2, 0) is 0 Å². The topological polar surface area (TPSA) is 84.5 Å². The number of hydrogen-bond acceptors (Lipinski definition) is 7. The molecule has 2 aromatic rings. The summed E-state index contributed by atoms with van der Waals surface area (Å²) < 4.78 is 32.7. The van der Waals surface area contributed by atoms with Gasteiger partial charge in [-0.2, -0.15) is 0 Å². The van der Waals surface area contributed by atoms with Gasteiger partial charge >= 0.3 is 0 Å². The van der Waals surface area contributed by atoms with Crippen LogP contribution in [0.3, 0.4) is 0 Å². The van der Waals surface area contributed by atoms with Gasteiger partial charge in [-0.25, -0.2) is 0 Å². The van der Waals surface area contributed by atoms with Crippen molar-refractivity contribution in [3.05, 3.63) is 35.9 Å². The number of benzene rings is 2. The first kappa shape index (κ1) is 19.5. The Balaban J connectivity index is 1.61. The zero-order chi connectivity index (χ0) is 19.9. The molecule has 1 N–H and O–H groups in total. The van der Waals surface area contributed by atoms with Gasteiger partial charge in [0.2, 0.25) is 11.5 Å². The minimum absolute atomic E-state index is 0.265. The summed E-state index contributed by atoms with van der Waals surface area (Å²) in [6.07, 6.45) is 0. The highest BCUT2D eigenvalue weighted by atomic mass is 16.6. The van der Waals surface area contributed by atoms with E-state index in [0.717, 1.165) is 0 Å². The van der Waals surface area contributed by atoms with E-state index < -0.39 is 0 Å². The largest absolute Gasteiger partial charge is 0.493 e. The number of hydrogen-bond donors (Lipinski definition) is 1. The van der Waals surface area contributed by atoms with Crippen molar-refractivity contribution in [1.29, 1.82) is 0 Å². The Morgan fingerprint density at radius 1 is 0.964 bits per heavy atom. The van der Waals surface area contributed by atoms with Gasteiger partial charge in [0, 0.05) is 0 Å². The third kappa shape index (κ3) is 4.00. The number of nitrogens with one attached hydrogen (secondary N) is 1. The van der Waals surface area contributed by atoms with Crippen LogP contribution in [0.5, 0.6) is 34.5 Å². The molecule has 0 saturated carbocycles. The monoisotopic (exact) mass is 389 g/mol. The second kappa shape index (κ2) is 9.07. The Kier molecular flexibility index (Phi) is 6.31. The van der Waals surface area contributed by atoms with Crippen molar-refractivity contribution < 1.29 is 33.2 Å². The maximum absolute atomic E-state index is 12.5. The van der Waals surface area contributed by atoms with E-state index >= 15 is 0 Å². The summed E-state index contributed by atoms with van der Waals surface area (Å²) in [6.45, 7) is 1.55. The van der Waals surface area contributed by atoms with Gasteiger partial charge in [-0.15, -0.1) is 0 Å². The molecule has 8 heteroatoms. The van der Waals surface area contributed by atoms with E-state index in [9.17, 15) is 4.79 Å². The number of carbonyl (C=O) groups is 1. The third-order valence-electron chi connectivity index (χ3n) is 4.12. The van der Waals surface area contributed by atoms with Crippen LogP contribution in [0.4, 0.5) is 0 Å². The van der Waals surface area contributed by atoms with Gasteiger partial charge in [0.1, 0.15) is 19.8 Å². The molecule has 1 heterocycles. The first-order chi connectivity index (χ1) is 13.7. The van der Waals surface area contributed by atoms with E-state index in [1.54, 1.807) is 18.2 Å². The predicted octanol–water partition coefficient (Wildman–Crippen LogP) is 2.29. The van der Waals surface area contributed by atoms with E-state index in [1.165, 1.54) is 21.3 Å². The highest BCUT2D eigenvalue weighted by molar-refractivity contribution is 5.98. The van der Waals surface area contributed by atoms with Crippen molar-refractivity contribution >= 4 is 5.91 Å². The van der Waals surface area contributed by atoms with Gasteiger partial charge in [-0.1, -0.05) is 6.07 Å². The fraction of sp³-hybridized carbons (Fsp3) is 0.350. The van der Waals surface area contributed by atoms with Gasteiger partial charge < -0.3 is 33.7 Å². The molecule has 150 valence electrons. The molecule has 28 heavy (non-hydrogen) atoms. The van der Waals surface area contributed by atoms with Crippen LogP contribution in [0.25, 0.3) is 0 Å². The van der Waals surface area contributed by atoms with Crippen molar-refractivity contribution in [2.45, 2.75) is 0 Å². The first-order valence-corrected chi connectivity index (χ1v) is 8.78. The Bertz CT molecular complexity index is 838. The molecule has 2 aromatic carbocycles. The van der Waals surface area contributed by atoms with Crippen molar-refractivity contribution in [3.63, 3.8) is 0 Å². The molecule has 0 spiro atoms. The van der Waals surface area contributed by atoms with Gasteiger partial charge in [-0.3, -0.25) is 4.79 Å². The smallest absolute Gasteiger partial charge is 0.255 e. The number of methoxy groups -OCH3 is 3. The summed E-state index contributed by atoms with van der Waals surface area (Å²) in [5.41, 5.74) is 0.342. The predicted molar refractivity (Wildman–Crippen MR) is 101 cm³/mol. The lowest BCUT2D eigenvalue weighted by atomic mass is 10.1. The van der Waals surface area contributed by atoms with E-state index in [-0.39, 0.29) is 12.5 Å². The van der Waals surface area contributed by atoms with Crippen LogP contribution in [0.15, 0.2) is 30.3 Å². The normalized spacial score (nSPS) is 12.1. The molecular weight excluding hydrogens is 366 g/mol. The molecule has 0 radical (unpaired) electrons. The number of rotatable bonds is 8. The summed E-state index contributed by atoms with van der Waals surface area (Å²) in [7, 11) is 4.48. The lowest BCUT2D eigenvalue weighted by molar-refractivity contribution is 0.0942. The van der Waals surface area contributed by atoms with Crippen molar-refractivity contribution in [2.75, 3.05) is 47.7 Å². The summed E-state index contributed by atoms with van der Waals surface area (Å²) >= 11 is 0. The fourth-order valence-electron chi connectivity index (χ4n) is 2.86. The Hall–Kier alpha value is -3.29. The maximum atomic E-state index is 12.5. The Morgan fingerprint density at radius 2 is 1.75 bits per heavy atom. The average Bonchev–Trinajstić information content (AvgIpc) is 2.75. The molecule has 0 fully saturated rings. The maximum Gasteiger partial charge on any atom is 0.255 e. The standard InChI is InChI=1S/C20H23NO7/c1-23-14-8-7-13(17(24-2)19(14)25-3)20(22)21-9-10-26-15-5-4-6-16-18(15)28-12-11-27-16/h4-8H,9-12H2,1-3H3,(H,21,22). The fourth-order valence-corrected chi connectivity index (χ4v) is 2.86. The number of para-hydroxylation sites is 1. The molecule has 1 aliphatic heterocycles. The van der Waals surface area contributed by atoms with Crippen LogP contribution < -0.4 is 33.7 Å². The zero-order valence-electron chi connectivity index (χ0n) is 16.1. The van der Waals surface area contributed by atoms with Crippen LogP contribution in [-0.4, -0.2) is 53.6 Å². The quantitative estimate of drug-likeness (QED) is 0.694. The van der Waals surface area contributed by atoms with Crippen LogP contribution in [0.2, 0.25) is 0 Å². The molecule has 3 rings (SSSR count). The second-order valence-corrected chi connectivity index (χ2v) is 5.77. The molecule has 0 aliphatic carbocycles. The second-order valence-electron chi connectivity index (χ2n) is 5.77. The molecule has 0 saturated heterocycles. The number of amides is 1. The van der Waals surface area contributed by atoms with Gasteiger partial charge in [0.05, 0.1) is 33.4 Å². The van der Waals surface area contributed by atoms with Gasteiger partial charge in [0.25, 0.3) is 5.91 Å². The van der Waals surface area contributed by atoms with Gasteiger partial charge in [-0.05, 0) is 24.3 Å². The Morgan fingerprint density at radius 3 is 2.50 bits per heavy atom. The molecule has 1 amide bonds. The van der Waals surface area contributed by atoms with Crippen molar-refractivity contribution in [1.82, 2.24) is 5.32 Å². The summed E-state index contributed by atoms with van der Waals surface area (Å²) in [4.78, 5) is 12.5. The molecule has 8 nitrogen and oxygen atoms in total. The highest BCUT2D eigenvalue weighted by Gasteiger charge is 2.21. The summed E-state index contributed by atoms with van der Waals surface area (Å²) in [5.74, 6) is 2.66. The minimum Gasteiger partial charge on any atom is -0.493 e. The minimum atomic E-state index is -0.309. The third-order valence-corrected chi connectivity index (χ3v) is 4.12. The zero-order valence-corrected chi connectivity index (χ0v) is 16.1. The number of fused-ring (bicyclic) bond motifs is 1. The first-order valence-electron chi connectivity index (χ1n) is 8.78. The number of carbonyl (C=O) groups excluding carboxylic acids is 1. The lowest BCUT2D eigenvalue weighted by Gasteiger charge is -2.21. The van der Waals surface area contributed by atoms with Crippen LogP contribution >= 0.6 is 0 Å². The van der Waals surface area contributed by atoms with E-state index in [2.05, 4.69) is 5.32 Å². The lowest BCUT2D eigenvalue weighted by Crippen LogP contribution is -2.28. The summed E-state index contributed by atoms with van der Waals surface area (Å²) in [6, 6.07) is 8.73. The van der Waals surface area contributed by atoms with E-state index in [0.29, 0.717) is 59.8 Å². The van der Waals surface area contributed by atoms with E-state index in [4.69, 9.17) is 28.4 Å². The molecule has 0 atom stereocenters. The van der Waals surface area contributed by atoms with Crippen LogP contribution in [0.1, 0.15) is 10.4 Å². The van der Waals surface area contributed by atoms with Crippen molar-refractivity contribution in [3.8, 4) is 34.5 Å². The Labute approximate surface area is 163 Å². The highest BCUT2D eigenvalue weighted by Crippen LogP contribution is 2.40. The SMILES string of the molecule is COc1ccc(C(=O)NCCOc2cccc3c2OCCO3)c(OC)c1OC. The molecule has 0 bridgehead atoms. The van der Waals surface area contributed by atoms with Gasteiger partial charge in [0.15, 0.2) is 23.0 Å². The van der Waals surface area contributed by atoms with E-state index in [1.807, 2.05) is 12.1 Å². The molecule has 0 aromatic heterocycles. The molecule has 0 unspecified atom stereocenters. The average molecular weight is 389 g/mol. The van der Waals surface area contributed by atoms with Crippen LogP contribution in [0, 0.1) is 0 Å². The molecule has 1 aliphatic rings. The molecular formula is C20H23NO7.